The number of nitriles is 7. The Kier molecular flexibility index (Phi) is 7.04. The lowest BCUT2D eigenvalue weighted by Gasteiger charge is -2.20. The summed E-state index contributed by atoms with van der Waals surface area (Å²) in [4.78, 5) is 0. The van der Waals surface area contributed by atoms with Crippen molar-refractivity contribution in [1.29, 1.82) is 36.8 Å². The third-order valence-corrected chi connectivity index (χ3v) is 4.70. The van der Waals surface area contributed by atoms with Gasteiger partial charge in [-0.05, 0) is 6.07 Å². The Morgan fingerprint density at radius 3 is 1.50 bits per heavy atom. The van der Waals surface area contributed by atoms with E-state index in [0.29, 0.717) is 0 Å². The minimum absolute atomic E-state index is 0.167. The van der Waals surface area contributed by atoms with Gasteiger partial charge in [0.25, 0.3) is 0 Å². The van der Waals surface area contributed by atoms with Crippen LogP contribution in [0.4, 0.5) is 26.3 Å². The minimum atomic E-state index is -5.75. The Balaban J connectivity index is 3.43. The fourth-order valence-corrected chi connectivity index (χ4v) is 3.31. The molecule has 0 spiro atoms. The largest absolute Gasteiger partial charge is 0.418 e. The molecule has 0 amide bonds. The zero-order valence-electron chi connectivity index (χ0n) is 17.1. The summed E-state index contributed by atoms with van der Waals surface area (Å²) in [6, 6.07) is 11.2. The molecule has 0 heterocycles. The van der Waals surface area contributed by atoms with Crippen LogP contribution in [0.1, 0.15) is 38.9 Å². The molecule has 2 rings (SSSR count). The summed E-state index contributed by atoms with van der Waals surface area (Å²) < 4.78 is 81.4. The van der Waals surface area contributed by atoms with Gasteiger partial charge >= 0.3 is 12.4 Å². The maximum absolute atomic E-state index is 13.7. The molecule has 172 valence electrons. The molecule has 13 heteroatoms. The van der Waals surface area contributed by atoms with E-state index in [2.05, 4.69) is 0 Å². The van der Waals surface area contributed by atoms with Crippen LogP contribution in [0.25, 0.3) is 11.1 Å². The molecule has 0 bridgehead atoms. The summed E-state index contributed by atoms with van der Waals surface area (Å²) in [6.45, 7) is 0. The van der Waals surface area contributed by atoms with Gasteiger partial charge in [0.2, 0.25) is 0 Å². The fourth-order valence-electron chi connectivity index (χ4n) is 3.31. The lowest BCUT2D eigenvalue weighted by atomic mass is 9.86. The van der Waals surface area contributed by atoms with Crippen molar-refractivity contribution in [3.05, 3.63) is 67.6 Å². The van der Waals surface area contributed by atoms with E-state index in [1.807, 2.05) is 0 Å². The van der Waals surface area contributed by atoms with E-state index in [4.69, 9.17) is 10.5 Å². The normalized spacial score (nSPS) is 11.3. The van der Waals surface area contributed by atoms with Gasteiger partial charge in [0.05, 0.1) is 45.0 Å². The summed E-state index contributed by atoms with van der Waals surface area (Å²) in [7, 11) is 0. The molecular weight excluding hydrogens is 488 g/mol. The molecule has 0 aliphatic carbocycles. The fraction of sp³-hybridized carbons (Fsp3) is 0.0870. The lowest BCUT2D eigenvalue weighted by Crippen LogP contribution is -2.24. The molecule has 0 aromatic heterocycles. The molecule has 0 saturated carbocycles. The van der Waals surface area contributed by atoms with E-state index in [-0.39, 0.29) is 11.3 Å². The molecule has 36 heavy (non-hydrogen) atoms. The second-order valence-electron chi connectivity index (χ2n) is 6.54. The number of benzene rings is 2. The second kappa shape index (κ2) is 9.59. The van der Waals surface area contributed by atoms with Gasteiger partial charge in [-0.2, -0.15) is 63.2 Å². The topological polar surface area (TPSA) is 167 Å². The van der Waals surface area contributed by atoms with Crippen LogP contribution in [0.15, 0.2) is 18.2 Å². The summed E-state index contributed by atoms with van der Waals surface area (Å²) >= 11 is 0. The van der Waals surface area contributed by atoms with Crippen LogP contribution in [0, 0.1) is 79.3 Å². The van der Waals surface area contributed by atoms with Gasteiger partial charge in [0.15, 0.2) is 0 Å². The Labute approximate surface area is 197 Å². The van der Waals surface area contributed by atoms with Gasteiger partial charge in [-0.25, -0.2) is 0 Å². The summed E-state index contributed by atoms with van der Waals surface area (Å²) in [5.74, 6) is 0. The first kappa shape index (κ1) is 26.4. The van der Waals surface area contributed by atoms with Gasteiger partial charge in [0, 0.05) is 16.0 Å². The number of alkyl halides is 6. The second-order valence-corrected chi connectivity index (χ2v) is 6.54. The van der Waals surface area contributed by atoms with E-state index < -0.39 is 67.7 Å². The van der Waals surface area contributed by atoms with Gasteiger partial charge in [-0.1, -0.05) is 12.1 Å². The van der Waals surface area contributed by atoms with Crippen molar-refractivity contribution >= 4 is 11.1 Å². The van der Waals surface area contributed by atoms with Crippen molar-refractivity contribution < 1.29 is 26.3 Å². The van der Waals surface area contributed by atoms with E-state index in [1.165, 1.54) is 36.4 Å². The van der Waals surface area contributed by atoms with Crippen LogP contribution < -0.4 is 10.4 Å². The van der Waals surface area contributed by atoms with Crippen LogP contribution in [0.2, 0.25) is 0 Å². The van der Waals surface area contributed by atoms with E-state index in [1.54, 1.807) is 0 Å². The molecule has 2 aromatic carbocycles. The highest BCUT2D eigenvalue weighted by molar-refractivity contribution is 5.86. The molecule has 0 unspecified atom stereocenters. The highest BCUT2D eigenvalue weighted by atomic mass is 19.4. The molecule has 0 radical (unpaired) electrons. The monoisotopic (exact) mass is 491 g/mol. The number of hydrogen-bond acceptors (Lipinski definition) is 7. The Morgan fingerprint density at radius 1 is 0.611 bits per heavy atom. The molecule has 0 fully saturated rings. The number of rotatable bonds is 1. The highest BCUT2D eigenvalue weighted by Gasteiger charge is 2.47. The minimum Gasteiger partial charge on any atom is -0.192 e. The summed E-state index contributed by atoms with van der Waals surface area (Å²) in [5.41, 5.74) is -11.7. The molecule has 0 aliphatic rings. The number of halogens is 6. The molecule has 0 N–H and O–H groups in total. The van der Waals surface area contributed by atoms with Gasteiger partial charge < -0.3 is 0 Å². The molecule has 0 aliphatic heterocycles. The predicted octanol–water partition coefficient (Wildman–Crippen LogP) is 3.13. The Hall–Kier alpha value is -5.81. The maximum Gasteiger partial charge on any atom is 0.418 e. The molecule has 0 atom stereocenters. The van der Waals surface area contributed by atoms with Gasteiger partial charge in [0.1, 0.15) is 42.0 Å². The van der Waals surface area contributed by atoms with Crippen molar-refractivity contribution in [1.82, 2.24) is 0 Å². The number of hydrogen-bond donors (Lipinski definition) is 0. The lowest BCUT2D eigenvalue weighted by molar-refractivity contribution is -0.162. The smallest absolute Gasteiger partial charge is 0.192 e. The van der Waals surface area contributed by atoms with Crippen LogP contribution in [-0.4, -0.2) is 0 Å². The van der Waals surface area contributed by atoms with E-state index in [0.717, 1.165) is 18.2 Å². The van der Waals surface area contributed by atoms with Crippen molar-refractivity contribution in [3.8, 4) is 42.5 Å². The average Bonchev–Trinajstić information content (AvgIpc) is 2.83. The first-order valence-electron chi connectivity index (χ1n) is 8.94. The first-order valence-corrected chi connectivity index (χ1v) is 8.94. The summed E-state index contributed by atoms with van der Waals surface area (Å²) in [5, 5.41) is 64.8. The van der Waals surface area contributed by atoms with Gasteiger partial charge in [-0.15, -0.1) is 0 Å². The van der Waals surface area contributed by atoms with Crippen LogP contribution >= 0.6 is 0 Å². The predicted molar refractivity (Wildman–Crippen MR) is 104 cm³/mol. The SMILES string of the molecule is N#CC(C#N)=c1cc/c(=C(\C#N)c2c(C#N)cc(C(F)(F)F)c(C(F)(F)F)c2C#N)c(C#N)c1C#N. The van der Waals surface area contributed by atoms with Crippen molar-refractivity contribution in [2.24, 2.45) is 0 Å². The van der Waals surface area contributed by atoms with E-state index in [9.17, 15) is 52.7 Å². The third kappa shape index (κ3) is 4.35. The van der Waals surface area contributed by atoms with Crippen molar-refractivity contribution in [2.45, 2.75) is 12.4 Å². The zero-order chi connectivity index (χ0) is 27.4. The molecular formula is C23H3F6N7. The number of nitrogens with zero attached hydrogens (tertiary/aromatic N) is 7. The van der Waals surface area contributed by atoms with Crippen molar-refractivity contribution in [2.75, 3.05) is 0 Å². The maximum atomic E-state index is 13.7. The Bertz CT molecular complexity index is 1720. The highest BCUT2D eigenvalue weighted by Crippen LogP contribution is 2.44. The average molecular weight is 491 g/mol. The Morgan fingerprint density at radius 2 is 1.11 bits per heavy atom. The van der Waals surface area contributed by atoms with Gasteiger partial charge in [-0.3, -0.25) is 0 Å². The first-order chi connectivity index (χ1) is 16.9. The zero-order valence-corrected chi connectivity index (χ0v) is 17.1. The summed E-state index contributed by atoms with van der Waals surface area (Å²) in [6.07, 6.45) is -11.4. The van der Waals surface area contributed by atoms with Crippen LogP contribution in [0.3, 0.4) is 0 Å². The third-order valence-electron chi connectivity index (χ3n) is 4.70. The van der Waals surface area contributed by atoms with E-state index >= 15 is 0 Å². The molecule has 7 nitrogen and oxygen atoms in total. The van der Waals surface area contributed by atoms with Crippen molar-refractivity contribution in [3.63, 3.8) is 0 Å². The van der Waals surface area contributed by atoms with Crippen LogP contribution in [-0.2, 0) is 12.4 Å². The molecule has 0 saturated heterocycles. The standard InChI is InChI=1S/C23H3F6N7/c24-22(25,26)19-3-11(4-30)20(18(10-36)21(19)23(27,28)29)17(9-35)14-2-1-13(12(5-31)6-32)15(7-33)16(14)8-34/h1-3H/b17-14-. The quantitative estimate of drug-likeness (QED) is 0.552. The van der Waals surface area contributed by atoms with Crippen LogP contribution in [0.5, 0.6) is 0 Å². The molecule has 2 aromatic rings.